The van der Waals surface area contributed by atoms with Crippen molar-refractivity contribution in [3.63, 3.8) is 0 Å². The van der Waals surface area contributed by atoms with Gasteiger partial charge in [0.05, 0.1) is 34.6 Å². The molecule has 42 heavy (non-hydrogen) atoms. The van der Waals surface area contributed by atoms with E-state index in [4.69, 9.17) is 0 Å². The van der Waals surface area contributed by atoms with Gasteiger partial charge in [-0.15, -0.1) is 0 Å². The smallest absolute Gasteiger partial charge is 0.0646 e. The highest BCUT2D eigenvalue weighted by molar-refractivity contribution is 6.10. The van der Waals surface area contributed by atoms with E-state index in [1.165, 1.54) is 22.3 Å². The van der Waals surface area contributed by atoms with Crippen LogP contribution in [0.15, 0.2) is 164 Å². The molecular weight excluding hydrogens is 510 g/mol. The van der Waals surface area contributed by atoms with Gasteiger partial charge in [-0.1, -0.05) is 115 Å². The Morgan fingerprint density at radius 1 is 0.405 bits per heavy atom. The van der Waals surface area contributed by atoms with Gasteiger partial charge in [0.1, 0.15) is 0 Å². The second-order valence-corrected chi connectivity index (χ2v) is 10.4. The third-order valence-electron chi connectivity index (χ3n) is 8.01. The first-order valence-corrected chi connectivity index (χ1v) is 14.2. The van der Waals surface area contributed by atoms with Crippen LogP contribution in [0.1, 0.15) is 0 Å². The van der Waals surface area contributed by atoms with Crippen molar-refractivity contribution in [3.8, 4) is 50.5 Å². The van der Waals surface area contributed by atoms with E-state index in [0.29, 0.717) is 0 Å². The van der Waals surface area contributed by atoms with Gasteiger partial charge in [-0.3, -0.25) is 4.98 Å². The van der Waals surface area contributed by atoms with Crippen molar-refractivity contribution >= 4 is 17.1 Å². The Bertz CT molecular complexity index is 1900. The molecule has 0 amide bonds. The highest BCUT2D eigenvalue weighted by atomic mass is 15.2. The van der Waals surface area contributed by atoms with E-state index in [9.17, 15) is 0 Å². The molecule has 0 atom stereocenters. The number of hydrogen-bond donors (Lipinski definition) is 0. The van der Waals surface area contributed by atoms with Crippen LogP contribution >= 0.6 is 0 Å². The largest absolute Gasteiger partial charge is 0.309 e. The second-order valence-electron chi connectivity index (χ2n) is 10.4. The van der Waals surface area contributed by atoms with Crippen LogP contribution in [0.25, 0.3) is 50.5 Å². The van der Waals surface area contributed by atoms with Crippen molar-refractivity contribution in [1.82, 2.24) is 9.55 Å². The summed E-state index contributed by atoms with van der Waals surface area (Å²) >= 11 is 0. The lowest BCUT2D eigenvalue weighted by Gasteiger charge is -2.27. The molecule has 0 N–H and O–H groups in total. The Hall–Kier alpha value is -5.67. The quantitative estimate of drug-likeness (QED) is 0.223. The lowest BCUT2D eigenvalue weighted by atomic mass is 9.91. The van der Waals surface area contributed by atoms with Gasteiger partial charge in [-0.25, -0.2) is 0 Å². The van der Waals surface area contributed by atoms with Gasteiger partial charge in [0.2, 0.25) is 0 Å². The van der Waals surface area contributed by atoms with Crippen molar-refractivity contribution in [2.24, 2.45) is 0 Å². The van der Waals surface area contributed by atoms with Crippen LogP contribution in [0.2, 0.25) is 0 Å². The van der Waals surface area contributed by atoms with Crippen LogP contribution in [-0.2, 0) is 0 Å². The zero-order chi connectivity index (χ0) is 27.9. The maximum Gasteiger partial charge on any atom is 0.0646 e. The number of aromatic nitrogens is 2. The summed E-state index contributed by atoms with van der Waals surface area (Å²) in [6.45, 7) is 0. The summed E-state index contributed by atoms with van der Waals surface area (Å²) in [4.78, 5) is 6.98. The number of hydrogen-bond acceptors (Lipinski definition) is 2. The van der Waals surface area contributed by atoms with Gasteiger partial charge in [0.25, 0.3) is 0 Å². The molecule has 5 aromatic carbocycles. The average molecular weight is 538 g/mol. The van der Waals surface area contributed by atoms with Gasteiger partial charge in [0.15, 0.2) is 0 Å². The first-order valence-electron chi connectivity index (χ1n) is 14.2. The van der Waals surface area contributed by atoms with Crippen molar-refractivity contribution < 1.29 is 0 Å². The summed E-state index contributed by atoms with van der Waals surface area (Å²) in [6.07, 6.45) is 3.81. The zero-order valence-electron chi connectivity index (χ0n) is 22.9. The fourth-order valence-corrected chi connectivity index (χ4v) is 6.32. The summed E-state index contributed by atoms with van der Waals surface area (Å²) < 4.78 is 2.42. The normalized spacial score (nSPS) is 11.8. The van der Waals surface area contributed by atoms with E-state index in [-0.39, 0.29) is 0 Å². The van der Waals surface area contributed by atoms with Gasteiger partial charge in [-0.05, 0) is 47.5 Å². The molecule has 0 saturated heterocycles. The number of para-hydroxylation sites is 3. The van der Waals surface area contributed by atoms with E-state index >= 15 is 0 Å². The molecule has 198 valence electrons. The molecule has 2 aromatic heterocycles. The minimum Gasteiger partial charge on any atom is -0.309 e. The molecule has 3 heterocycles. The van der Waals surface area contributed by atoms with E-state index in [2.05, 4.69) is 160 Å². The summed E-state index contributed by atoms with van der Waals surface area (Å²) in [5.41, 5.74) is 13.8. The fourth-order valence-electron chi connectivity index (χ4n) is 6.32. The third-order valence-corrected chi connectivity index (χ3v) is 8.01. The molecule has 0 fully saturated rings. The minimum atomic E-state index is 1.02. The highest BCUT2D eigenvalue weighted by Gasteiger charge is 2.34. The second kappa shape index (κ2) is 10.1. The van der Waals surface area contributed by atoms with Crippen LogP contribution < -0.4 is 4.90 Å². The Labute approximate surface area is 245 Å². The van der Waals surface area contributed by atoms with E-state index in [1.54, 1.807) is 0 Å². The molecule has 1 aliphatic rings. The molecule has 7 aromatic rings. The fraction of sp³-hybridized carbons (Fsp3) is 0. The molecule has 0 aliphatic carbocycles. The number of nitrogens with zero attached hydrogens (tertiary/aromatic N) is 3. The molecule has 0 spiro atoms. The number of pyridine rings is 1. The monoisotopic (exact) mass is 537 g/mol. The van der Waals surface area contributed by atoms with E-state index < -0.39 is 0 Å². The molecule has 0 bridgehead atoms. The van der Waals surface area contributed by atoms with E-state index in [1.807, 2.05) is 18.5 Å². The minimum absolute atomic E-state index is 1.02. The first kappa shape index (κ1) is 24.2. The molecule has 0 saturated carbocycles. The number of benzene rings is 5. The first-order chi connectivity index (χ1) is 20.9. The van der Waals surface area contributed by atoms with Crippen LogP contribution in [0.5, 0.6) is 0 Å². The number of anilines is 3. The van der Waals surface area contributed by atoms with Crippen molar-refractivity contribution in [2.45, 2.75) is 0 Å². The lowest BCUT2D eigenvalue weighted by molar-refractivity contribution is 1.07. The maximum atomic E-state index is 4.58. The van der Waals surface area contributed by atoms with Crippen LogP contribution in [0, 0.1) is 0 Å². The van der Waals surface area contributed by atoms with Crippen molar-refractivity contribution in [3.05, 3.63) is 164 Å². The van der Waals surface area contributed by atoms with Crippen LogP contribution in [0.4, 0.5) is 17.1 Å². The molecular formula is C39H27N3. The number of fused-ring (bicyclic) bond motifs is 5. The summed E-state index contributed by atoms with van der Waals surface area (Å²) in [5, 5.41) is 0. The van der Waals surface area contributed by atoms with Gasteiger partial charge in [-0.2, -0.15) is 0 Å². The van der Waals surface area contributed by atoms with Gasteiger partial charge < -0.3 is 9.47 Å². The van der Waals surface area contributed by atoms with Crippen molar-refractivity contribution in [2.75, 3.05) is 4.90 Å². The van der Waals surface area contributed by atoms with Gasteiger partial charge in [0, 0.05) is 34.1 Å². The molecule has 0 unspecified atom stereocenters. The van der Waals surface area contributed by atoms with Crippen LogP contribution in [0.3, 0.4) is 0 Å². The molecule has 0 radical (unpaired) electrons. The zero-order valence-corrected chi connectivity index (χ0v) is 22.9. The Kier molecular flexibility index (Phi) is 5.79. The Morgan fingerprint density at radius 3 is 1.62 bits per heavy atom. The summed E-state index contributed by atoms with van der Waals surface area (Å²) in [6, 6.07) is 54.0. The number of rotatable bonds is 4. The molecule has 3 nitrogen and oxygen atoms in total. The lowest BCUT2D eigenvalue weighted by Crippen LogP contribution is -2.11. The summed E-state index contributed by atoms with van der Waals surface area (Å²) in [7, 11) is 0. The summed E-state index contributed by atoms with van der Waals surface area (Å²) in [5.74, 6) is 0. The predicted molar refractivity (Wildman–Crippen MR) is 174 cm³/mol. The van der Waals surface area contributed by atoms with E-state index in [0.717, 1.165) is 45.3 Å². The standard InChI is InChI=1S/C39H27N3/c1-4-15-28(16-5-1)36-37-32-22-10-12-24-34(32)41(30-19-8-3-9-20-30)35-25-13-11-23-33(35)39(37)42(31-21-14-26-40-27-31)38(36)29-17-6-2-7-18-29/h1-27H. The highest BCUT2D eigenvalue weighted by Crippen LogP contribution is 2.57. The van der Waals surface area contributed by atoms with Gasteiger partial charge >= 0.3 is 0 Å². The third kappa shape index (κ3) is 3.79. The predicted octanol–water partition coefficient (Wildman–Crippen LogP) is 10.3. The topological polar surface area (TPSA) is 21.1 Å². The Balaban J connectivity index is 1.62. The van der Waals surface area contributed by atoms with Crippen LogP contribution in [-0.4, -0.2) is 9.55 Å². The maximum absolute atomic E-state index is 4.58. The molecule has 3 heteroatoms. The Morgan fingerprint density at radius 2 is 0.952 bits per heavy atom. The van der Waals surface area contributed by atoms with Crippen molar-refractivity contribution in [1.29, 1.82) is 0 Å². The SMILES string of the molecule is c1ccc(-c2c3c(n(-c4cccnc4)c2-c2ccccc2)-c2ccccc2N(c2ccccc2)c2ccccc2-3)cc1. The molecule has 8 rings (SSSR count). The average Bonchev–Trinajstić information content (AvgIpc) is 3.37. The molecule has 1 aliphatic heterocycles.